The van der Waals surface area contributed by atoms with Gasteiger partial charge in [-0.1, -0.05) is 23.6 Å². The minimum absolute atomic E-state index is 0. The molecule has 0 aliphatic heterocycles. The topological polar surface area (TPSA) is 161 Å². The van der Waals surface area contributed by atoms with E-state index in [0.29, 0.717) is 12.1 Å². The molecule has 1 aromatic carbocycles. The third-order valence-corrected chi connectivity index (χ3v) is 1.96. The van der Waals surface area contributed by atoms with Crippen molar-refractivity contribution in [1.29, 1.82) is 0 Å². The van der Waals surface area contributed by atoms with Crippen molar-refractivity contribution in [3.8, 4) is 11.5 Å². The molecule has 25 heavy (non-hydrogen) atoms. The van der Waals surface area contributed by atoms with E-state index in [1.54, 1.807) is 28.2 Å². The molecule has 0 aliphatic carbocycles. The van der Waals surface area contributed by atoms with Gasteiger partial charge in [0, 0.05) is 28.2 Å². The summed E-state index contributed by atoms with van der Waals surface area (Å²) in [6, 6.07) is 1.02. The second-order valence-electron chi connectivity index (χ2n) is 4.59. The molecule has 2 amide bonds. The fourth-order valence-corrected chi connectivity index (χ4v) is 0.894. The number of hydrogen-bond acceptors (Lipinski definition) is 6. The molecule has 0 saturated carbocycles. The third kappa shape index (κ3) is 13.0. The number of carbonyl (C=O) groups is 4. The fraction of sp³-hybridized carbons (Fsp3) is 0.286. The van der Waals surface area contributed by atoms with E-state index in [1.165, 1.54) is 9.80 Å². The Morgan fingerprint density at radius 3 is 1.16 bits per heavy atom. The Kier molecular flexibility index (Phi) is 15.9. The number of amides is 2. The van der Waals surface area contributed by atoms with Crippen molar-refractivity contribution in [2.24, 2.45) is 0 Å². The van der Waals surface area contributed by atoms with Gasteiger partial charge in [0.05, 0.1) is 11.1 Å². The van der Waals surface area contributed by atoms with Crippen LogP contribution >= 0.6 is 0 Å². The summed E-state index contributed by atoms with van der Waals surface area (Å²) < 4.78 is 0. The molecule has 0 atom stereocenters. The van der Waals surface area contributed by atoms with Crippen LogP contribution in [0.2, 0.25) is 0 Å². The molecule has 0 spiro atoms. The number of benzene rings is 1. The van der Waals surface area contributed by atoms with E-state index in [2.05, 4.69) is 0 Å². The Bertz CT molecular complexity index is 539. The molecular weight excluding hydrogens is 364 g/mol. The smallest absolute Gasteiger partial charge is 0.872 e. The first kappa shape index (κ1) is 27.8. The van der Waals surface area contributed by atoms with Crippen LogP contribution in [0.5, 0.6) is 11.5 Å². The van der Waals surface area contributed by atoms with Gasteiger partial charge in [-0.05, 0) is 0 Å². The predicted molar refractivity (Wildman–Crippen MR) is 84.5 cm³/mol. The normalized spacial score (nSPS) is 8.16. The maximum absolute atomic E-state index is 11.0. The van der Waals surface area contributed by atoms with Gasteiger partial charge in [0.1, 0.15) is 0 Å². The third-order valence-electron chi connectivity index (χ3n) is 1.96. The molecule has 10 nitrogen and oxygen atoms in total. The Hall–Kier alpha value is -2.04. The van der Waals surface area contributed by atoms with Crippen LogP contribution in [0.3, 0.4) is 0 Å². The molecule has 1 aromatic rings. The Labute approximate surface area is 174 Å². The molecule has 0 saturated heterocycles. The molecule has 0 aliphatic rings. The molecule has 0 radical (unpaired) electrons. The van der Waals surface area contributed by atoms with E-state index >= 15 is 0 Å². The molecule has 134 valence electrons. The van der Waals surface area contributed by atoms with Gasteiger partial charge in [0.15, 0.2) is 0 Å². The molecule has 0 aromatic heterocycles. The SMILES string of the molecule is CN(C)C=O.CN(C)C=O.O=C(O)c1cc([O-])c(C(=O)O)cc1[O-].[Ca+2]. The number of aromatic carboxylic acids is 2. The summed E-state index contributed by atoms with van der Waals surface area (Å²) in [6.45, 7) is 0. The van der Waals surface area contributed by atoms with Crippen LogP contribution < -0.4 is 10.2 Å². The average molecular weight is 382 g/mol. The van der Waals surface area contributed by atoms with Crippen LogP contribution in [0.4, 0.5) is 0 Å². The van der Waals surface area contributed by atoms with E-state index in [-0.39, 0.29) is 37.7 Å². The fourth-order valence-electron chi connectivity index (χ4n) is 0.894. The predicted octanol–water partition coefficient (Wildman–Crippen LogP) is -1.74. The van der Waals surface area contributed by atoms with Crippen molar-refractivity contribution >= 4 is 62.5 Å². The number of hydrogen-bond donors (Lipinski definition) is 2. The van der Waals surface area contributed by atoms with Gasteiger partial charge in [-0.15, -0.1) is 0 Å². The Morgan fingerprint density at radius 2 is 1.04 bits per heavy atom. The van der Waals surface area contributed by atoms with Gasteiger partial charge in [-0.25, -0.2) is 9.59 Å². The van der Waals surface area contributed by atoms with Crippen molar-refractivity contribution in [1.82, 2.24) is 9.80 Å². The van der Waals surface area contributed by atoms with E-state index < -0.39 is 34.6 Å². The molecule has 11 heteroatoms. The minimum Gasteiger partial charge on any atom is -0.872 e. The molecule has 0 bridgehead atoms. The maximum atomic E-state index is 11.0. The zero-order valence-corrected chi connectivity index (χ0v) is 16.5. The largest absolute Gasteiger partial charge is 2.00 e. The van der Waals surface area contributed by atoms with Crippen molar-refractivity contribution in [3.63, 3.8) is 0 Å². The van der Waals surface area contributed by atoms with Gasteiger partial charge in [-0.3, -0.25) is 9.59 Å². The first-order valence-corrected chi connectivity index (χ1v) is 6.20. The number of nitrogens with zero attached hydrogens (tertiary/aromatic N) is 2. The summed E-state index contributed by atoms with van der Waals surface area (Å²) >= 11 is 0. The van der Waals surface area contributed by atoms with E-state index in [4.69, 9.17) is 10.2 Å². The van der Waals surface area contributed by atoms with Crippen LogP contribution in [0.1, 0.15) is 20.7 Å². The molecule has 1 rings (SSSR count). The second kappa shape index (κ2) is 14.3. The zero-order valence-electron chi connectivity index (χ0n) is 14.3. The summed E-state index contributed by atoms with van der Waals surface area (Å²) in [7, 11) is 6.75. The van der Waals surface area contributed by atoms with Crippen molar-refractivity contribution in [2.75, 3.05) is 28.2 Å². The first-order valence-electron chi connectivity index (χ1n) is 6.20. The van der Waals surface area contributed by atoms with E-state index in [1.807, 2.05) is 0 Å². The minimum atomic E-state index is -1.55. The number of rotatable bonds is 4. The van der Waals surface area contributed by atoms with Crippen LogP contribution in [0.25, 0.3) is 0 Å². The van der Waals surface area contributed by atoms with Crippen LogP contribution in [0.15, 0.2) is 12.1 Å². The van der Waals surface area contributed by atoms with Gasteiger partial charge in [0.25, 0.3) is 0 Å². The molecule has 0 fully saturated rings. The van der Waals surface area contributed by atoms with Crippen molar-refractivity contribution in [3.05, 3.63) is 23.3 Å². The van der Waals surface area contributed by atoms with Crippen LogP contribution in [0, 0.1) is 0 Å². The number of carboxylic acid groups (broad SMARTS) is 2. The van der Waals surface area contributed by atoms with Gasteiger partial charge >= 0.3 is 49.7 Å². The molecule has 0 unspecified atom stereocenters. The van der Waals surface area contributed by atoms with Gasteiger partial charge in [0.2, 0.25) is 12.8 Å². The number of carboxylic acids is 2. The standard InChI is InChI=1S/C8H6O6.2C3H7NO.Ca/c9-5-1-3(7(11)12)6(10)2-4(5)8(13)14;2*1-4(2)3-5;/h1-2,9-10H,(H,11,12)(H,13,14);2*3H,1-2H3;/q;;;+2/p-2. The van der Waals surface area contributed by atoms with Crippen molar-refractivity contribution in [2.45, 2.75) is 0 Å². The maximum Gasteiger partial charge on any atom is 2.00 e. The molecule has 0 heterocycles. The van der Waals surface area contributed by atoms with Gasteiger partial charge in [-0.2, -0.15) is 0 Å². The van der Waals surface area contributed by atoms with E-state index in [9.17, 15) is 29.4 Å². The monoisotopic (exact) mass is 382 g/mol. The summed E-state index contributed by atoms with van der Waals surface area (Å²) in [5.41, 5.74) is -1.44. The van der Waals surface area contributed by atoms with Crippen LogP contribution in [-0.2, 0) is 9.59 Å². The molecular formula is C14H18CaN2O8. The molecule has 2 N–H and O–H groups in total. The summed E-state index contributed by atoms with van der Waals surface area (Å²) in [5.74, 6) is -5.09. The van der Waals surface area contributed by atoms with Crippen LogP contribution in [-0.4, -0.2) is 111 Å². The van der Waals surface area contributed by atoms with Gasteiger partial charge < -0.3 is 30.2 Å². The Balaban J connectivity index is -0.000000368. The second-order valence-corrected chi connectivity index (χ2v) is 4.59. The zero-order chi connectivity index (χ0) is 19.4. The average Bonchev–Trinajstić information content (AvgIpc) is 2.49. The van der Waals surface area contributed by atoms with E-state index in [0.717, 1.165) is 12.8 Å². The Morgan fingerprint density at radius 1 is 0.840 bits per heavy atom. The summed E-state index contributed by atoms with van der Waals surface area (Å²) in [5, 5.41) is 38.8. The van der Waals surface area contributed by atoms with Crippen molar-refractivity contribution < 1.29 is 39.6 Å². The number of carbonyl (C=O) groups excluding carboxylic acids is 2. The summed E-state index contributed by atoms with van der Waals surface area (Å²) in [4.78, 5) is 42.5. The summed E-state index contributed by atoms with van der Waals surface area (Å²) in [6.07, 6.45) is 1.50. The first-order chi connectivity index (χ1) is 11.0. The quantitative estimate of drug-likeness (QED) is 0.458.